The zero-order valence-electron chi connectivity index (χ0n) is 17.4. The number of amides is 1. The minimum Gasteiger partial charge on any atom is -0.338 e. The highest BCUT2D eigenvalue weighted by Gasteiger charge is 2.25. The molecule has 1 aromatic carbocycles. The van der Waals surface area contributed by atoms with Gasteiger partial charge in [0, 0.05) is 62.2 Å². The predicted octanol–water partition coefficient (Wildman–Crippen LogP) is 3.73. The molecule has 1 aliphatic rings. The van der Waals surface area contributed by atoms with Crippen LogP contribution in [-0.4, -0.2) is 36.9 Å². The molecule has 0 radical (unpaired) electrons. The van der Waals surface area contributed by atoms with E-state index in [1.807, 2.05) is 27.5 Å². The molecule has 0 spiro atoms. The molecule has 0 aliphatic carbocycles. The SMILES string of the molecule is CCCCn1cc(-c2ccc(Nc3nn(C)c4c3CN(C(C)=O)CC4)cc2)cn1. The summed E-state index contributed by atoms with van der Waals surface area (Å²) in [6.45, 7) is 6.13. The van der Waals surface area contributed by atoms with E-state index in [4.69, 9.17) is 0 Å². The van der Waals surface area contributed by atoms with Crippen molar-refractivity contribution in [2.45, 2.75) is 46.2 Å². The number of carbonyl (C=O) groups excluding carboxylic acids is 1. The summed E-state index contributed by atoms with van der Waals surface area (Å²) in [6.07, 6.45) is 7.16. The molecule has 1 N–H and O–H groups in total. The maximum absolute atomic E-state index is 11.8. The zero-order valence-corrected chi connectivity index (χ0v) is 17.4. The molecule has 3 aromatic rings. The summed E-state index contributed by atoms with van der Waals surface area (Å²) in [5.41, 5.74) is 5.55. The standard InChI is InChI=1S/C22H28N6O/c1-4-5-11-28-14-18(13-23-28)17-6-8-19(9-7-17)24-22-20-15-27(16(2)29)12-10-21(20)26(3)25-22/h6-9,13-14H,4-5,10-12,15H2,1-3H3,(H,24,25). The molecular formula is C22H28N6O. The first kappa shape index (κ1) is 19.2. The Labute approximate surface area is 171 Å². The van der Waals surface area contributed by atoms with Crippen molar-refractivity contribution in [2.75, 3.05) is 11.9 Å². The number of rotatable bonds is 6. The van der Waals surface area contributed by atoms with Crippen LogP contribution in [0.3, 0.4) is 0 Å². The van der Waals surface area contributed by atoms with Crippen LogP contribution in [0.4, 0.5) is 11.5 Å². The highest BCUT2D eigenvalue weighted by atomic mass is 16.2. The number of aryl methyl sites for hydroxylation is 2. The average Bonchev–Trinajstić information content (AvgIpc) is 3.32. The molecule has 0 atom stereocenters. The van der Waals surface area contributed by atoms with Gasteiger partial charge in [-0.25, -0.2) is 0 Å². The third-order valence-electron chi connectivity index (χ3n) is 5.54. The van der Waals surface area contributed by atoms with Gasteiger partial charge in [-0.05, 0) is 24.1 Å². The Morgan fingerprint density at radius 1 is 1.21 bits per heavy atom. The maximum Gasteiger partial charge on any atom is 0.219 e. The van der Waals surface area contributed by atoms with E-state index in [0.29, 0.717) is 6.54 Å². The van der Waals surface area contributed by atoms with Crippen molar-refractivity contribution in [2.24, 2.45) is 7.05 Å². The van der Waals surface area contributed by atoms with Gasteiger partial charge < -0.3 is 10.2 Å². The van der Waals surface area contributed by atoms with Crippen molar-refractivity contribution in [3.8, 4) is 11.1 Å². The van der Waals surface area contributed by atoms with Crippen molar-refractivity contribution in [1.29, 1.82) is 0 Å². The number of nitrogens with one attached hydrogen (secondary N) is 1. The Morgan fingerprint density at radius 3 is 2.72 bits per heavy atom. The summed E-state index contributed by atoms with van der Waals surface area (Å²) in [6, 6.07) is 8.32. The number of hydrogen-bond acceptors (Lipinski definition) is 4. The Bertz CT molecular complexity index is 1000. The van der Waals surface area contributed by atoms with Gasteiger partial charge in [0.2, 0.25) is 5.91 Å². The molecule has 0 saturated carbocycles. The Kier molecular flexibility index (Phi) is 5.38. The average molecular weight is 393 g/mol. The first-order chi connectivity index (χ1) is 14.0. The Morgan fingerprint density at radius 2 is 2.00 bits per heavy atom. The number of anilines is 2. The van der Waals surface area contributed by atoms with E-state index in [2.05, 4.69) is 52.9 Å². The van der Waals surface area contributed by atoms with Crippen LogP contribution in [0.2, 0.25) is 0 Å². The third-order valence-corrected chi connectivity index (χ3v) is 5.54. The molecule has 3 heterocycles. The van der Waals surface area contributed by atoms with Gasteiger partial charge in [-0.2, -0.15) is 10.2 Å². The van der Waals surface area contributed by atoms with E-state index in [1.165, 1.54) is 5.69 Å². The lowest BCUT2D eigenvalue weighted by atomic mass is 10.1. The quantitative estimate of drug-likeness (QED) is 0.694. The van der Waals surface area contributed by atoms with Gasteiger partial charge in [0.1, 0.15) is 0 Å². The number of aromatic nitrogens is 4. The second-order valence-electron chi connectivity index (χ2n) is 7.64. The van der Waals surface area contributed by atoms with E-state index >= 15 is 0 Å². The van der Waals surface area contributed by atoms with Gasteiger partial charge in [0.25, 0.3) is 0 Å². The van der Waals surface area contributed by atoms with E-state index in [-0.39, 0.29) is 5.91 Å². The van der Waals surface area contributed by atoms with Gasteiger partial charge in [0.05, 0.1) is 12.7 Å². The molecule has 7 heteroatoms. The summed E-state index contributed by atoms with van der Waals surface area (Å²) in [5, 5.41) is 12.5. The molecule has 4 rings (SSSR count). The maximum atomic E-state index is 11.8. The Hall–Kier alpha value is -3.09. The van der Waals surface area contributed by atoms with Crippen molar-refractivity contribution in [3.63, 3.8) is 0 Å². The molecule has 0 bridgehead atoms. The van der Waals surface area contributed by atoms with Gasteiger partial charge in [-0.3, -0.25) is 14.2 Å². The fourth-order valence-corrected chi connectivity index (χ4v) is 3.80. The van der Waals surface area contributed by atoms with Crippen LogP contribution in [0.1, 0.15) is 37.9 Å². The predicted molar refractivity (Wildman–Crippen MR) is 114 cm³/mol. The van der Waals surface area contributed by atoms with Crippen molar-refractivity contribution in [3.05, 3.63) is 47.9 Å². The van der Waals surface area contributed by atoms with Crippen LogP contribution < -0.4 is 5.32 Å². The summed E-state index contributed by atoms with van der Waals surface area (Å²) in [7, 11) is 1.97. The number of fused-ring (bicyclic) bond motifs is 1. The number of nitrogens with zero attached hydrogens (tertiary/aromatic N) is 5. The van der Waals surface area contributed by atoms with Crippen LogP contribution in [-0.2, 0) is 31.4 Å². The number of hydrogen-bond donors (Lipinski definition) is 1. The first-order valence-electron chi connectivity index (χ1n) is 10.3. The lowest BCUT2D eigenvalue weighted by Gasteiger charge is -2.26. The van der Waals surface area contributed by atoms with Crippen LogP contribution in [0, 0.1) is 0 Å². The van der Waals surface area contributed by atoms with Crippen molar-refractivity contribution < 1.29 is 4.79 Å². The highest BCUT2D eigenvalue weighted by molar-refractivity contribution is 5.74. The van der Waals surface area contributed by atoms with E-state index in [9.17, 15) is 4.79 Å². The molecule has 0 fully saturated rings. The molecule has 1 amide bonds. The second-order valence-corrected chi connectivity index (χ2v) is 7.64. The lowest BCUT2D eigenvalue weighted by Crippen LogP contribution is -2.34. The normalized spacial score (nSPS) is 13.4. The number of unbranched alkanes of at least 4 members (excludes halogenated alkanes) is 1. The van der Waals surface area contributed by atoms with Gasteiger partial charge >= 0.3 is 0 Å². The molecule has 0 saturated heterocycles. The smallest absolute Gasteiger partial charge is 0.219 e. The minimum atomic E-state index is 0.106. The number of carbonyl (C=O) groups is 1. The van der Waals surface area contributed by atoms with Crippen LogP contribution in [0.5, 0.6) is 0 Å². The monoisotopic (exact) mass is 392 g/mol. The zero-order chi connectivity index (χ0) is 20.4. The van der Waals surface area contributed by atoms with Crippen LogP contribution in [0.15, 0.2) is 36.7 Å². The number of benzene rings is 1. The molecule has 2 aromatic heterocycles. The summed E-state index contributed by atoms with van der Waals surface area (Å²) in [5.74, 6) is 0.933. The largest absolute Gasteiger partial charge is 0.338 e. The topological polar surface area (TPSA) is 68.0 Å². The van der Waals surface area contributed by atoms with E-state index in [0.717, 1.165) is 60.5 Å². The van der Waals surface area contributed by atoms with E-state index in [1.54, 1.807) is 6.92 Å². The van der Waals surface area contributed by atoms with Crippen LogP contribution in [0.25, 0.3) is 11.1 Å². The van der Waals surface area contributed by atoms with Gasteiger partial charge in [-0.15, -0.1) is 0 Å². The minimum absolute atomic E-state index is 0.106. The lowest BCUT2D eigenvalue weighted by molar-refractivity contribution is -0.129. The molecule has 1 aliphatic heterocycles. The molecule has 29 heavy (non-hydrogen) atoms. The second kappa shape index (κ2) is 8.11. The molecule has 0 unspecified atom stereocenters. The summed E-state index contributed by atoms with van der Waals surface area (Å²) in [4.78, 5) is 13.7. The van der Waals surface area contributed by atoms with Crippen LogP contribution >= 0.6 is 0 Å². The third kappa shape index (κ3) is 4.04. The van der Waals surface area contributed by atoms with Gasteiger partial charge in [-0.1, -0.05) is 25.5 Å². The summed E-state index contributed by atoms with van der Waals surface area (Å²) < 4.78 is 3.93. The molecular weight excluding hydrogens is 364 g/mol. The van der Waals surface area contributed by atoms with E-state index < -0.39 is 0 Å². The molecule has 152 valence electrons. The highest BCUT2D eigenvalue weighted by Crippen LogP contribution is 2.29. The Balaban J connectivity index is 1.50. The fraction of sp³-hybridized carbons (Fsp3) is 0.409. The van der Waals surface area contributed by atoms with Crippen molar-refractivity contribution >= 4 is 17.4 Å². The van der Waals surface area contributed by atoms with Crippen molar-refractivity contribution in [1.82, 2.24) is 24.5 Å². The van der Waals surface area contributed by atoms with Gasteiger partial charge in [0.15, 0.2) is 5.82 Å². The fourth-order valence-electron chi connectivity index (χ4n) is 3.80. The first-order valence-corrected chi connectivity index (χ1v) is 10.3. The molecule has 7 nitrogen and oxygen atoms in total. The summed E-state index contributed by atoms with van der Waals surface area (Å²) >= 11 is 0.